The van der Waals surface area contributed by atoms with Gasteiger partial charge in [0.2, 0.25) is 5.91 Å². The van der Waals surface area contributed by atoms with E-state index in [-0.39, 0.29) is 49.9 Å². The molecule has 2 heterocycles. The number of hydrogen-bond donors (Lipinski definition) is 4. The number of hydrogen-bond acceptors (Lipinski definition) is 16. The summed E-state index contributed by atoms with van der Waals surface area (Å²) < 4.78 is 14.6. The molecule has 2 unspecified atom stereocenters. The Kier molecular flexibility index (Phi) is 10.6. The van der Waals surface area contributed by atoms with Crippen LogP contribution in [0, 0.1) is 0 Å². The van der Waals surface area contributed by atoms with E-state index in [2.05, 4.69) is 24.1 Å². The Labute approximate surface area is 239 Å². The molecule has 5 N–H and O–H groups in total. The number of imide groups is 1. The maximum atomic E-state index is 12.8. The van der Waals surface area contributed by atoms with Crippen molar-refractivity contribution in [3.8, 4) is 0 Å². The van der Waals surface area contributed by atoms with Gasteiger partial charge >= 0.3 is 11.6 Å². The van der Waals surface area contributed by atoms with Crippen LogP contribution in [-0.2, 0) is 49.2 Å². The molecule has 4 rings (SSSR count). The fourth-order valence-electron chi connectivity index (χ4n) is 4.74. The van der Waals surface area contributed by atoms with Gasteiger partial charge in [-0.15, -0.1) is 13.7 Å². The molecule has 1 aromatic heterocycles. The second-order valence-corrected chi connectivity index (χ2v) is 10.7. The molecule has 2 aromatic rings. The van der Waals surface area contributed by atoms with E-state index >= 15 is 0 Å². The third-order valence-corrected chi connectivity index (χ3v) is 8.06. The number of nitrogen functional groups attached to an aromatic ring is 1. The Morgan fingerprint density at radius 2 is 1.85 bits per heavy atom. The number of nitrogens with zero attached hydrogens (tertiary/aromatic N) is 1. The third kappa shape index (κ3) is 7.35. The van der Waals surface area contributed by atoms with E-state index in [0.717, 1.165) is 0 Å². The Morgan fingerprint density at radius 1 is 1.12 bits per heavy atom. The minimum atomic E-state index is -0.785. The van der Waals surface area contributed by atoms with Crippen LogP contribution >= 0.6 is 24.1 Å². The van der Waals surface area contributed by atoms with Gasteiger partial charge in [-0.3, -0.25) is 14.4 Å². The highest BCUT2D eigenvalue weighted by atomic mass is 32.2. The Morgan fingerprint density at radius 3 is 2.56 bits per heavy atom. The van der Waals surface area contributed by atoms with Gasteiger partial charge in [-0.1, -0.05) is 10.1 Å². The standard InChI is InChI=1S/C23H25N3O13S2/c24-14-9-15-13(8-17(14)41-39-37-33)22-11(3-4-12(22)23(31)34-15)16(40-38-36-32)10-18(27)25-7-1-2-21(30)35-26-19(28)5-6-20(26)29/h8-9,11,16,32-33H,1-7,10,24H2,(H,25,27). The van der Waals surface area contributed by atoms with Gasteiger partial charge in [-0.25, -0.2) is 20.1 Å². The van der Waals surface area contributed by atoms with Crippen LogP contribution in [0.2, 0.25) is 0 Å². The molecular weight excluding hydrogens is 590 g/mol. The van der Waals surface area contributed by atoms with E-state index in [9.17, 15) is 24.0 Å². The van der Waals surface area contributed by atoms with Crippen molar-refractivity contribution < 1.29 is 57.7 Å². The summed E-state index contributed by atoms with van der Waals surface area (Å²) in [5, 5.41) is 27.7. The molecule has 18 heteroatoms. The summed E-state index contributed by atoms with van der Waals surface area (Å²) in [6.45, 7) is 0.0884. The molecule has 1 aliphatic heterocycles. The molecule has 0 saturated carbocycles. The summed E-state index contributed by atoms with van der Waals surface area (Å²) in [5.41, 5.74) is 6.85. The lowest BCUT2D eigenvalue weighted by Crippen LogP contribution is -2.33. The van der Waals surface area contributed by atoms with E-state index in [1.165, 1.54) is 6.07 Å². The van der Waals surface area contributed by atoms with Gasteiger partial charge < -0.3 is 20.3 Å². The minimum Gasteiger partial charge on any atom is -0.422 e. The van der Waals surface area contributed by atoms with Gasteiger partial charge in [0.25, 0.3) is 11.8 Å². The van der Waals surface area contributed by atoms with Crippen molar-refractivity contribution in [2.45, 2.75) is 61.0 Å². The lowest BCUT2D eigenvalue weighted by molar-refractivity contribution is -0.432. The number of amides is 3. The Balaban J connectivity index is 1.43. The Bertz CT molecular complexity index is 1370. The zero-order chi connectivity index (χ0) is 29.5. The number of carbonyl (C=O) groups is 4. The van der Waals surface area contributed by atoms with Crippen LogP contribution in [0.3, 0.4) is 0 Å². The number of carbonyl (C=O) groups excluding carboxylic acids is 4. The van der Waals surface area contributed by atoms with Crippen LogP contribution in [0.15, 0.2) is 26.2 Å². The van der Waals surface area contributed by atoms with E-state index in [4.69, 9.17) is 25.5 Å². The SMILES string of the molecule is Nc1cc2oc(=O)c3c(c2cc1SOOO)C(C(CC(=O)NCCCC(=O)ON1C(=O)CCC1=O)SOOO)CC3. The predicted octanol–water partition coefficient (Wildman–Crippen LogP) is 2.16. The zero-order valence-corrected chi connectivity index (χ0v) is 22.8. The molecule has 0 bridgehead atoms. The fraction of sp³-hybridized carbons (Fsp3) is 0.435. The van der Waals surface area contributed by atoms with Gasteiger partial charge in [-0.05, 0) is 30.9 Å². The van der Waals surface area contributed by atoms with Crippen LogP contribution < -0.4 is 16.7 Å². The lowest BCUT2D eigenvalue weighted by Gasteiger charge is -2.23. The van der Waals surface area contributed by atoms with Gasteiger partial charge in [0.05, 0.1) is 27.9 Å². The van der Waals surface area contributed by atoms with Crippen molar-refractivity contribution in [2.24, 2.45) is 0 Å². The molecule has 2 atom stereocenters. The summed E-state index contributed by atoms with van der Waals surface area (Å²) in [7, 11) is 0. The van der Waals surface area contributed by atoms with Gasteiger partial charge in [0.15, 0.2) is 0 Å². The molecule has 1 fully saturated rings. The summed E-state index contributed by atoms with van der Waals surface area (Å²) in [5.74, 6) is -2.80. The first-order valence-electron chi connectivity index (χ1n) is 12.2. The largest absolute Gasteiger partial charge is 0.422 e. The summed E-state index contributed by atoms with van der Waals surface area (Å²) >= 11 is 1.33. The van der Waals surface area contributed by atoms with Crippen molar-refractivity contribution in [3.63, 3.8) is 0 Å². The average Bonchev–Trinajstić information content (AvgIpc) is 3.52. The number of nitrogens with two attached hydrogens (primary N) is 1. The first kappa shape index (κ1) is 30.7. The highest BCUT2D eigenvalue weighted by molar-refractivity contribution is 7.95. The van der Waals surface area contributed by atoms with E-state index < -0.39 is 40.5 Å². The lowest BCUT2D eigenvalue weighted by atomic mass is 9.92. The van der Waals surface area contributed by atoms with Crippen molar-refractivity contribution in [1.29, 1.82) is 0 Å². The number of nitrogens with one attached hydrogen (secondary N) is 1. The summed E-state index contributed by atoms with van der Waals surface area (Å²) in [6.07, 6.45) is 0.669. The number of fused-ring (bicyclic) bond motifs is 3. The van der Waals surface area contributed by atoms with Crippen molar-refractivity contribution in [1.82, 2.24) is 10.4 Å². The van der Waals surface area contributed by atoms with Crippen LogP contribution in [-0.4, -0.2) is 51.1 Å². The molecule has 1 aromatic carbocycles. The molecule has 222 valence electrons. The second kappa shape index (κ2) is 14.1. The van der Waals surface area contributed by atoms with Gasteiger partial charge in [-0.2, -0.15) is 0 Å². The molecule has 2 aliphatic rings. The minimum absolute atomic E-state index is 0.0141. The van der Waals surface area contributed by atoms with Crippen molar-refractivity contribution in [3.05, 3.63) is 33.7 Å². The predicted molar refractivity (Wildman–Crippen MR) is 139 cm³/mol. The quantitative estimate of drug-likeness (QED) is 0.0454. The molecule has 0 radical (unpaired) electrons. The molecule has 1 aliphatic carbocycles. The molecule has 3 amide bonds. The zero-order valence-electron chi connectivity index (χ0n) is 21.2. The Hall–Kier alpha value is -3.23. The molecule has 16 nitrogen and oxygen atoms in total. The molecule has 41 heavy (non-hydrogen) atoms. The smallest absolute Gasteiger partial charge is 0.339 e. The first-order chi connectivity index (χ1) is 19.7. The number of benzene rings is 1. The van der Waals surface area contributed by atoms with Crippen molar-refractivity contribution >= 4 is 64.4 Å². The normalized spacial score (nSPS) is 17.2. The van der Waals surface area contributed by atoms with E-state index in [0.29, 0.717) is 63.4 Å². The van der Waals surface area contributed by atoms with E-state index in [1.807, 2.05) is 0 Å². The average molecular weight is 616 g/mol. The number of rotatable bonds is 14. The maximum Gasteiger partial charge on any atom is 0.339 e. The van der Waals surface area contributed by atoms with Gasteiger partial charge in [0, 0.05) is 67.2 Å². The van der Waals surface area contributed by atoms with Gasteiger partial charge in [0.1, 0.15) is 5.58 Å². The van der Waals surface area contributed by atoms with Crippen molar-refractivity contribution in [2.75, 3.05) is 12.3 Å². The molecular formula is C23H25N3O13S2. The highest BCUT2D eigenvalue weighted by Crippen LogP contribution is 2.45. The maximum absolute atomic E-state index is 12.8. The first-order valence-corrected chi connectivity index (χ1v) is 13.8. The van der Waals surface area contributed by atoms with Crippen LogP contribution in [0.1, 0.15) is 55.6 Å². The third-order valence-electron chi connectivity index (χ3n) is 6.51. The van der Waals surface area contributed by atoms with Crippen LogP contribution in [0.25, 0.3) is 11.0 Å². The summed E-state index contributed by atoms with van der Waals surface area (Å²) in [6, 6.07) is 3.03. The highest BCUT2D eigenvalue weighted by Gasteiger charge is 2.37. The van der Waals surface area contributed by atoms with Crippen LogP contribution in [0.5, 0.6) is 0 Å². The van der Waals surface area contributed by atoms with Crippen LogP contribution in [0.4, 0.5) is 5.69 Å². The van der Waals surface area contributed by atoms with E-state index in [1.54, 1.807) is 6.07 Å². The molecule has 0 spiro atoms. The topological polar surface area (TPSA) is 226 Å². The summed E-state index contributed by atoms with van der Waals surface area (Å²) in [4.78, 5) is 65.7. The number of hydroxylamine groups is 2. The monoisotopic (exact) mass is 615 g/mol. The fourth-order valence-corrected chi connectivity index (χ4v) is 5.92. The number of anilines is 1. The second-order valence-electron chi connectivity index (χ2n) is 9.02. The molecule has 1 saturated heterocycles.